The molecule has 1 aromatic carbocycles. The summed E-state index contributed by atoms with van der Waals surface area (Å²) in [6.45, 7) is 5.17. The van der Waals surface area contributed by atoms with Crippen molar-refractivity contribution in [1.29, 1.82) is 0 Å². The van der Waals surface area contributed by atoms with E-state index in [4.69, 9.17) is 10.5 Å². The van der Waals surface area contributed by atoms with Crippen LogP contribution in [0.2, 0.25) is 0 Å². The second kappa shape index (κ2) is 8.98. The minimum atomic E-state index is 0.254. The van der Waals surface area contributed by atoms with Crippen LogP contribution in [0.15, 0.2) is 24.3 Å². The molecule has 0 fully saturated rings. The molecule has 1 aromatic rings. The maximum Gasteiger partial charge on any atom is 0.119 e. The Bertz CT molecular complexity index is 325. The van der Waals surface area contributed by atoms with E-state index in [0.717, 1.165) is 31.6 Å². The fourth-order valence-corrected chi connectivity index (χ4v) is 1.93. The van der Waals surface area contributed by atoms with E-state index in [1.54, 1.807) is 0 Å². The predicted octanol–water partition coefficient (Wildman–Crippen LogP) is 3.93. The van der Waals surface area contributed by atoms with E-state index in [-0.39, 0.29) is 6.04 Å². The summed E-state index contributed by atoms with van der Waals surface area (Å²) in [4.78, 5) is 0. The van der Waals surface area contributed by atoms with Gasteiger partial charge in [0, 0.05) is 6.04 Å². The number of benzene rings is 1. The summed E-state index contributed by atoms with van der Waals surface area (Å²) >= 11 is 0. The number of nitrogens with two attached hydrogens (primary N) is 1. The molecule has 0 heterocycles. The van der Waals surface area contributed by atoms with Crippen molar-refractivity contribution in [3.05, 3.63) is 29.8 Å². The minimum Gasteiger partial charge on any atom is -0.494 e. The van der Waals surface area contributed by atoms with Crippen LogP contribution < -0.4 is 10.5 Å². The van der Waals surface area contributed by atoms with Gasteiger partial charge in [-0.15, -0.1) is 0 Å². The fourth-order valence-electron chi connectivity index (χ4n) is 1.93. The maximum atomic E-state index is 5.97. The second-order valence-electron chi connectivity index (χ2n) is 4.93. The molecule has 0 aromatic heterocycles. The highest BCUT2D eigenvalue weighted by Gasteiger charge is 2.02. The smallest absolute Gasteiger partial charge is 0.119 e. The van der Waals surface area contributed by atoms with E-state index in [1.807, 2.05) is 6.07 Å². The highest BCUT2D eigenvalue weighted by molar-refractivity contribution is 5.29. The summed E-state index contributed by atoms with van der Waals surface area (Å²) in [6, 6.07) is 8.58. The summed E-state index contributed by atoms with van der Waals surface area (Å²) in [7, 11) is 0. The van der Waals surface area contributed by atoms with Crippen LogP contribution in [0.3, 0.4) is 0 Å². The normalized spacial score (nSPS) is 12.4. The van der Waals surface area contributed by atoms with Gasteiger partial charge in [0.2, 0.25) is 0 Å². The van der Waals surface area contributed by atoms with Crippen molar-refractivity contribution in [2.75, 3.05) is 6.61 Å². The van der Waals surface area contributed by atoms with E-state index in [9.17, 15) is 0 Å². The third-order valence-corrected chi connectivity index (χ3v) is 3.19. The third kappa shape index (κ3) is 6.06. The predicted molar refractivity (Wildman–Crippen MR) is 78.0 cm³/mol. The Balaban J connectivity index is 2.35. The van der Waals surface area contributed by atoms with Gasteiger partial charge < -0.3 is 10.5 Å². The lowest BCUT2D eigenvalue weighted by atomic mass is 10.0. The van der Waals surface area contributed by atoms with Crippen LogP contribution in [0.1, 0.15) is 51.5 Å². The number of unbranched alkanes of at least 4 members (excludes halogenated alkanes) is 3. The van der Waals surface area contributed by atoms with Gasteiger partial charge in [-0.1, -0.05) is 45.2 Å². The zero-order valence-electron chi connectivity index (χ0n) is 11.8. The van der Waals surface area contributed by atoms with Gasteiger partial charge in [-0.2, -0.15) is 0 Å². The molecular weight excluding hydrogens is 222 g/mol. The molecule has 18 heavy (non-hydrogen) atoms. The molecule has 2 heteroatoms. The Morgan fingerprint density at radius 1 is 1.17 bits per heavy atom. The molecule has 2 N–H and O–H groups in total. The Kier molecular flexibility index (Phi) is 7.51. The molecule has 0 aliphatic rings. The molecule has 0 aliphatic carbocycles. The van der Waals surface area contributed by atoms with E-state index in [0.29, 0.717) is 0 Å². The largest absolute Gasteiger partial charge is 0.494 e. The van der Waals surface area contributed by atoms with Crippen molar-refractivity contribution in [3.63, 3.8) is 0 Å². The van der Waals surface area contributed by atoms with Crippen molar-refractivity contribution < 1.29 is 4.74 Å². The molecule has 0 saturated carbocycles. The molecule has 2 nitrogen and oxygen atoms in total. The van der Waals surface area contributed by atoms with Gasteiger partial charge in [-0.25, -0.2) is 0 Å². The van der Waals surface area contributed by atoms with Gasteiger partial charge in [0.05, 0.1) is 6.61 Å². The first-order chi connectivity index (χ1) is 8.76. The van der Waals surface area contributed by atoms with E-state index < -0.39 is 0 Å². The molecule has 0 spiro atoms. The third-order valence-electron chi connectivity index (χ3n) is 3.19. The SMILES string of the molecule is CCCCCCOc1cccc(CC(N)CC)c1. The highest BCUT2D eigenvalue weighted by atomic mass is 16.5. The lowest BCUT2D eigenvalue weighted by Crippen LogP contribution is -2.21. The Morgan fingerprint density at radius 2 is 2.00 bits per heavy atom. The van der Waals surface area contributed by atoms with Crippen molar-refractivity contribution in [3.8, 4) is 5.75 Å². The van der Waals surface area contributed by atoms with Gasteiger partial charge in [-0.05, 0) is 37.0 Å². The van der Waals surface area contributed by atoms with Gasteiger partial charge in [-0.3, -0.25) is 0 Å². The topological polar surface area (TPSA) is 35.2 Å². The average molecular weight is 249 g/mol. The number of hydrogen-bond acceptors (Lipinski definition) is 2. The first kappa shape index (κ1) is 15.0. The molecule has 0 saturated heterocycles. The molecule has 1 atom stereocenters. The summed E-state index contributed by atoms with van der Waals surface area (Å²) < 4.78 is 5.77. The van der Waals surface area contributed by atoms with Crippen molar-refractivity contribution >= 4 is 0 Å². The maximum absolute atomic E-state index is 5.97. The van der Waals surface area contributed by atoms with E-state index in [1.165, 1.54) is 24.8 Å². The van der Waals surface area contributed by atoms with Gasteiger partial charge >= 0.3 is 0 Å². The van der Waals surface area contributed by atoms with Gasteiger partial charge in [0.25, 0.3) is 0 Å². The summed E-state index contributed by atoms with van der Waals surface area (Å²) in [5.74, 6) is 0.979. The lowest BCUT2D eigenvalue weighted by molar-refractivity contribution is 0.304. The molecule has 0 amide bonds. The van der Waals surface area contributed by atoms with E-state index in [2.05, 4.69) is 32.0 Å². The Morgan fingerprint density at radius 3 is 2.72 bits per heavy atom. The Labute approximate surface area is 112 Å². The number of ether oxygens (including phenoxy) is 1. The van der Waals surface area contributed by atoms with Crippen LogP contribution in [-0.4, -0.2) is 12.6 Å². The van der Waals surface area contributed by atoms with Crippen LogP contribution in [0, 0.1) is 0 Å². The Hall–Kier alpha value is -1.02. The molecule has 1 unspecified atom stereocenters. The van der Waals surface area contributed by atoms with Crippen LogP contribution >= 0.6 is 0 Å². The van der Waals surface area contributed by atoms with E-state index >= 15 is 0 Å². The number of hydrogen-bond donors (Lipinski definition) is 1. The summed E-state index contributed by atoms with van der Waals surface area (Å²) in [5, 5.41) is 0. The second-order valence-corrected chi connectivity index (χ2v) is 4.93. The molecule has 0 radical (unpaired) electrons. The number of rotatable bonds is 9. The van der Waals surface area contributed by atoms with Gasteiger partial charge in [0.15, 0.2) is 0 Å². The van der Waals surface area contributed by atoms with Crippen molar-refractivity contribution in [1.82, 2.24) is 0 Å². The molecule has 1 rings (SSSR count). The zero-order chi connectivity index (χ0) is 13.2. The first-order valence-corrected chi connectivity index (χ1v) is 7.23. The van der Waals surface area contributed by atoms with Crippen LogP contribution in [-0.2, 0) is 6.42 Å². The summed E-state index contributed by atoms with van der Waals surface area (Å²) in [6.07, 6.45) is 6.92. The average Bonchev–Trinajstić information content (AvgIpc) is 2.39. The zero-order valence-corrected chi connectivity index (χ0v) is 11.8. The minimum absolute atomic E-state index is 0.254. The lowest BCUT2D eigenvalue weighted by Gasteiger charge is -2.11. The van der Waals surface area contributed by atoms with Crippen molar-refractivity contribution in [2.24, 2.45) is 5.73 Å². The standard InChI is InChI=1S/C16H27NO/c1-3-5-6-7-11-18-16-10-8-9-14(13-16)12-15(17)4-2/h8-10,13,15H,3-7,11-12,17H2,1-2H3. The van der Waals surface area contributed by atoms with Crippen LogP contribution in [0.25, 0.3) is 0 Å². The van der Waals surface area contributed by atoms with Crippen molar-refractivity contribution in [2.45, 2.75) is 58.4 Å². The molecular formula is C16H27NO. The molecule has 0 bridgehead atoms. The quantitative estimate of drug-likeness (QED) is 0.673. The summed E-state index contributed by atoms with van der Waals surface area (Å²) in [5.41, 5.74) is 7.24. The molecule has 0 aliphatic heterocycles. The highest BCUT2D eigenvalue weighted by Crippen LogP contribution is 2.15. The van der Waals surface area contributed by atoms with Crippen LogP contribution in [0.5, 0.6) is 5.75 Å². The monoisotopic (exact) mass is 249 g/mol. The first-order valence-electron chi connectivity index (χ1n) is 7.23. The fraction of sp³-hybridized carbons (Fsp3) is 0.625. The van der Waals surface area contributed by atoms with Gasteiger partial charge in [0.1, 0.15) is 5.75 Å². The molecule has 102 valence electrons. The van der Waals surface area contributed by atoms with Crippen LogP contribution in [0.4, 0.5) is 0 Å².